The molecule has 1 aliphatic heterocycles. The van der Waals surface area contributed by atoms with Crippen LogP contribution in [0.15, 0.2) is 22.7 Å². The van der Waals surface area contributed by atoms with E-state index in [9.17, 15) is 4.79 Å². The van der Waals surface area contributed by atoms with Crippen molar-refractivity contribution in [2.75, 3.05) is 39.3 Å². The Morgan fingerprint density at radius 3 is 2.82 bits per heavy atom. The number of carbonyl (C=O) groups excluding carboxylic acids is 1. The largest absolute Gasteiger partial charge is 0.490 e. The summed E-state index contributed by atoms with van der Waals surface area (Å²) in [7, 11) is 0. The van der Waals surface area contributed by atoms with E-state index in [-0.39, 0.29) is 12.0 Å². The first kappa shape index (κ1) is 17.2. The van der Waals surface area contributed by atoms with Crippen molar-refractivity contribution in [3.63, 3.8) is 0 Å². The zero-order chi connectivity index (χ0) is 15.9. The van der Waals surface area contributed by atoms with E-state index in [1.165, 1.54) is 0 Å². The van der Waals surface area contributed by atoms with Crippen molar-refractivity contribution in [1.29, 1.82) is 0 Å². The molecule has 0 aromatic heterocycles. The van der Waals surface area contributed by atoms with Crippen LogP contribution in [0.25, 0.3) is 0 Å². The maximum absolute atomic E-state index is 12.4. The number of benzene rings is 1. The van der Waals surface area contributed by atoms with Crippen molar-refractivity contribution in [1.82, 2.24) is 15.5 Å². The van der Waals surface area contributed by atoms with Gasteiger partial charge in [-0.1, -0.05) is 15.9 Å². The van der Waals surface area contributed by atoms with Gasteiger partial charge in [0.1, 0.15) is 5.75 Å². The number of hydrogen-bond acceptors (Lipinski definition) is 4. The first-order chi connectivity index (χ1) is 10.6. The number of carbonyl (C=O) groups is 1. The van der Waals surface area contributed by atoms with Crippen LogP contribution >= 0.6 is 15.9 Å². The van der Waals surface area contributed by atoms with Gasteiger partial charge in [0.2, 0.25) is 0 Å². The molecule has 0 unspecified atom stereocenters. The molecule has 1 fully saturated rings. The second-order valence-electron chi connectivity index (χ2n) is 5.65. The van der Waals surface area contributed by atoms with Gasteiger partial charge in [-0.05, 0) is 32.0 Å². The fraction of sp³-hybridized carbons (Fsp3) is 0.562. The summed E-state index contributed by atoms with van der Waals surface area (Å²) in [5.74, 6) is 0.530. The van der Waals surface area contributed by atoms with Gasteiger partial charge in [-0.2, -0.15) is 0 Å². The van der Waals surface area contributed by atoms with Gasteiger partial charge in [0, 0.05) is 43.7 Å². The number of halogens is 1. The minimum absolute atomic E-state index is 0.0294. The van der Waals surface area contributed by atoms with Crippen molar-refractivity contribution in [2.45, 2.75) is 20.0 Å². The molecule has 0 radical (unpaired) electrons. The molecule has 2 rings (SSSR count). The number of ether oxygens (including phenoxy) is 1. The van der Waals surface area contributed by atoms with Gasteiger partial charge < -0.3 is 15.4 Å². The van der Waals surface area contributed by atoms with Crippen LogP contribution in [-0.4, -0.2) is 56.2 Å². The lowest BCUT2D eigenvalue weighted by Crippen LogP contribution is -2.46. The molecule has 0 spiro atoms. The highest BCUT2D eigenvalue weighted by atomic mass is 79.9. The molecule has 6 heteroatoms. The van der Waals surface area contributed by atoms with Gasteiger partial charge >= 0.3 is 0 Å². The molecule has 122 valence electrons. The van der Waals surface area contributed by atoms with Crippen molar-refractivity contribution < 1.29 is 9.53 Å². The van der Waals surface area contributed by atoms with Crippen LogP contribution in [0.3, 0.4) is 0 Å². The maximum atomic E-state index is 12.4. The summed E-state index contributed by atoms with van der Waals surface area (Å²) in [6, 6.07) is 5.49. The molecule has 1 amide bonds. The topological polar surface area (TPSA) is 53.6 Å². The van der Waals surface area contributed by atoms with E-state index < -0.39 is 0 Å². The summed E-state index contributed by atoms with van der Waals surface area (Å²) >= 11 is 3.42. The number of amides is 1. The molecular formula is C16H24BrN3O2. The second kappa shape index (κ2) is 8.50. The maximum Gasteiger partial charge on any atom is 0.255 e. The van der Waals surface area contributed by atoms with Gasteiger partial charge in [0.05, 0.1) is 11.7 Å². The molecule has 0 aliphatic carbocycles. The minimum Gasteiger partial charge on any atom is -0.490 e. The average molecular weight is 370 g/mol. The fourth-order valence-corrected chi connectivity index (χ4v) is 2.73. The number of nitrogens with zero attached hydrogens (tertiary/aromatic N) is 1. The fourth-order valence-electron chi connectivity index (χ4n) is 2.39. The summed E-state index contributed by atoms with van der Waals surface area (Å²) in [6.07, 6.45) is 0.0294. The third kappa shape index (κ3) is 5.26. The zero-order valence-corrected chi connectivity index (χ0v) is 14.8. The third-order valence-corrected chi connectivity index (χ3v) is 3.97. The van der Waals surface area contributed by atoms with Crippen LogP contribution in [0.5, 0.6) is 5.75 Å². The molecule has 1 aromatic rings. The van der Waals surface area contributed by atoms with E-state index >= 15 is 0 Å². The minimum atomic E-state index is -0.0849. The molecule has 0 saturated carbocycles. The van der Waals surface area contributed by atoms with Gasteiger partial charge in [-0.3, -0.25) is 9.69 Å². The lowest BCUT2D eigenvalue weighted by atomic mass is 10.2. The Hall–Kier alpha value is -1.11. The Bertz CT molecular complexity index is 502. The van der Waals surface area contributed by atoms with Crippen molar-refractivity contribution in [3.05, 3.63) is 28.2 Å². The van der Waals surface area contributed by atoms with E-state index in [0.29, 0.717) is 17.9 Å². The average Bonchev–Trinajstić information content (AvgIpc) is 2.47. The normalized spacial score (nSPS) is 15.8. The Morgan fingerprint density at radius 2 is 2.14 bits per heavy atom. The second-order valence-corrected chi connectivity index (χ2v) is 6.57. The number of hydrogen-bond donors (Lipinski definition) is 2. The summed E-state index contributed by atoms with van der Waals surface area (Å²) in [6.45, 7) is 9.55. The van der Waals surface area contributed by atoms with Crippen LogP contribution < -0.4 is 15.4 Å². The molecule has 0 atom stereocenters. The standard InChI is InChI=1S/C16H24BrN3O2/c1-12(2)22-15-11-13(17)3-4-14(15)16(21)19-7-10-20-8-5-18-6-9-20/h3-4,11-12,18H,5-10H2,1-2H3,(H,19,21). The van der Waals surface area contributed by atoms with E-state index in [1.54, 1.807) is 6.07 Å². The van der Waals surface area contributed by atoms with Crippen LogP contribution in [0, 0.1) is 0 Å². The summed E-state index contributed by atoms with van der Waals surface area (Å²) in [5.41, 5.74) is 0.581. The molecule has 1 heterocycles. The molecule has 1 saturated heterocycles. The first-order valence-corrected chi connectivity index (χ1v) is 8.53. The quantitative estimate of drug-likeness (QED) is 0.803. The Balaban J connectivity index is 1.90. The smallest absolute Gasteiger partial charge is 0.255 e. The number of rotatable bonds is 6. The van der Waals surface area contributed by atoms with Gasteiger partial charge in [-0.15, -0.1) is 0 Å². The highest BCUT2D eigenvalue weighted by Gasteiger charge is 2.15. The highest BCUT2D eigenvalue weighted by Crippen LogP contribution is 2.24. The van der Waals surface area contributed by atoms with Crippen molar-refractivity contribution >= 4 is 21.8 Å². The van der Waals surface area contributed by atoms with E-state index in [1.807, 2.05) is 26.0 Å². The molecule has 22 heavy (non-hydrogen) atoms. The van der Waals surface area contributed by atoms with Crippen LogP contribution in [0.1, 0.15) is 24.2 Å². The van der Waals surface area contributed by atoms with Crippen molar-refractivity contribution in [3.8, 4) is 5.75 Å². The number of piperazine rings is 1. The van der Waals surface area contributed by atoms with E-state index in [2.05, 4.69) is 31.5 Å². The SMILES string of the molecule is CC(C)Oc1cc(Br)ccc1C(=O)NCCN1CCNCC1. The predicted molar refractivity (Wildman–Crippen MR) is 91.5 cm³/mol. The van der Waals surface area contributed by atoms with Crippen LogP contribution in [0.2, 0.25) is 0 Å². The lowest BCUT2D eigenvalue weighted by Gasteiger charge is -2.27. The molecule has 1 aliphatic rings. The van der Waals surface area contributed by atoms with E-state index in [4.69, 9.17) is 4.74 Å². The van der Waals surface area contributed by atoms with E-state index in [0.717, 1.165) is 37.2 Å². The molecule has 1 aromatic carbocycles. The summed E-state index contributed by atoms with van der Waals surface area (Å²) < 4.78 is 6.64. The predicted octanol–water partition coefficient (Wildman–Crippen LogP) is 1.87. The summed E-state index contributed by atoms with van der Waals surface area (Å²) in [5, 5.41) is 6.30. The molecule has 0 bridgehead atoms. The highest BCUT2D eigenvalue weighted by molar-refractivity contribution is 9.10. The van der Waals surface area contributed by atoms with Gasteiger partial charge in [0.25, 0.3) is 5.91 Å². The molecule has 2 N–H and O–H groups in total. The monoisotopic (exact) mass is 369 g/mol. The Labute approximate surface area is 140 Å². The summed E-state index contributed by atoms with van der Waals surface area (Å²) in [4.78, 5) is 14.7. The van der Waals surface area contributed by atoms with Crippen molar-refractivity contribution in [2.24, 2.45) is 0 Å². The Morgan fingerprint density at radius 1 is 1.41 bits per heavy atom. The lowest BCUT2D eigenvalue weighted by molar-refractivity contribution is 0.0941. The Kier molecular flexibility index (Phi) is 6.67. The van der Waals surface area contributed by atoms with Crippen LogP contribution in [0.4, 0.5) is 0 Å². The molecular weight excluding hydrogens is 346 g/mol. The third-order valence-electron chi connectivity index (χ3n) is 3.47. The molecule has 5 nitrogen and oxygen atoms in total. The number of nitrogens with one attached hydrogen (secondary N) is 2. The first-order valence-electron chi connectivity index (χ1n) is 7.74. The van der Waals surface area contributed by atoms with Crippen LogP contribution in [-0.2, 0) is 0 Å². The zero-order valence-electron chi connectivity index (χ0n) is 13.2. The van der Waals surface area contributed by atoms with Gasteiger partial charge in [-0.25, -0.2) is 0 Å². The van der Waals surface area contributed by atoms with Gasteiger partial charge in [0.15, 0.2) is 0 Å².